The van der Waals surface area contributed by atoms with Crippen molar-refractivity contribution in [3.63, 3.8) is 0 Å². The van der Waals surface area contributed by atoms with Crippen molar-refractivity contribution >= 4 is 17.5 Å². The number of fused-ring (bicyclic) bond motifs is 5. The highest BCUT2D eigenvalue weighted by molar-refractivity contribution is 5.92. The number of carbonyl (C=O) groups is 3. The van der Waals surface area contributed by atoms with E-state index in [0.29, 0.717) is 12.8 Å². The number of aliphatic hydroxyl groups is 1. The number of alkyl halides is 2. The molecule has 0 unspecified atom stereocenters. The number of Topliss-reactive ketones (excluding diaryl/α,β-unsaturated/α-hetero) is 1. The lowest BCUT2D eigenvalue weighted by atomic mass is 9.44. The molecular weight excluding hydrogens is 442 g/mol. The molecule has 4 rings (SSSR count). The first-order chi connectivity index (χ1) is 15.9. The molecule has 9 atom stereocenters. The Kier molecular flexibility index (Phi) is 6.58. The van der Waals surface area contributed by atoms with E-state index in [1.807, 2.05) is 20.8 Å². The normalized spacial score (nSPS) is 45.6. The molecule has 3 saturated carbocycles. The summed E-state index contributed by atoms with van der Waals surface area (Å²) in [4.78, 5) is 37.2. The zero-order valence-corrected chi connectivity index (χ0v) is 20.7. The van der Waals surface area contributed by atoms with E-state index in [9.17, 15) is 19.5 Å². The summed E-state index contributed by atoms with van der Waals surface area (Å²) in [7, 11) is 0. The number of rotatable bonds is 6. The van der Waals surface area contributed by atoms with Gasteiger partial charge in [-0.15, -0.1) is 0 Å². The maximum Gasteiger partial charge on any atom is 0.306 e. The summed E-state index contributed by atoms with van der Waals surface area (Å²) < 4.78 is 37.8. The number of allylic oxidation sites excluding steroid dienone is 1. The van der Waals surface area contributed by atoms with Gasteiger partial charge in [-0.2, -0.15) is 0 Å². The molecular formula is C27H38F2O5. The fourth-order valence-electron chi connectivity index (χ4n) is 8.25. The Hall–Kier alpha value is -1.63. The van der Waals surface area contributed by atoms with Gasteiger partial charge in [0, 0.05) is 30.1 Å². The first-order valence-corrected chi connectivity index (χ1v) is 12.8. The van der Waals surface area contributed by atoms with Crippen LogP contribution in [0.3, 0.4) is 0 Å². The van der Waals surface area contributed by atoms with E-state index in [1.54, 1.807) is 6.92 Å². The molecule has 0 spiro atoms. The summed E-state index contributed by atoms with van der Waals surface area (Å²) in [6.45, 7) is 7.17. The molecule has 4 aliphatic rings. The summed E-state index contributed by atoms with van der Waals surface area (Å²) in [6.07, 6.45) is 1.13. The van der Waals surface area contributed by atoms with Gasteiger partial charge in [0.1, 0.15) is 18.4 Å². The van der Waals surface area contributed by atoms with Gasteiger partial charge in [-0.1, -0.05) is 34.1 Å². The van der Waals surface area contributed by atoms with Gasteiger partial charge in [0.2, 0.25) is 0 Å². The Morgan fingerprint density at radius 3 is 2.62 bits per heavy atom. The number of hydrogen-bond donors (Lipinski definition) is 1. The van der Waals surface area contributed by atoms with Crippen LogP contribution in [0.5, 0.6) is 0 Å². The van der Waals surface area contributed by atoms with Gasteiger partial charge in [0.25, 0.3) is 0 Å². The van der Waals surface area contributed by atoms with Crippen LogP contribution in [0.2, 0.25) is 0 Å². The summed E-state index contributed by atoms with van der Waals surface area (Å²) in [6, 6.07) is 0. The third-order valence-corrected chi connectivity index (χ3v) is 9.82. The largest absolute Gasteiger partial charge is 0.458 e. The topological polar surface area (TPSA) is 80.7 Å². The molecule has 34 heavy (non-hydrogen) atoms. The summed E-state index contributed by atoms with van der Waals surface area (Å²) in [5, 5.41) is 11.3. The fraction of sp³-hybridized carbons (Fsp3) is 0.815. The zero-order chi connectivity index (χ0) is 25.1. The lowest BCUT2D eigenvalue weighted by molar-refractivity contribution is -0.215. The maximum atomic E-state index is 17.1. The number of aliphatic hydroxyl groups excluding tert-OH is 1. The second kappa shape index (κ2) is 8.79. The van der Waals surface area contributed by atoms with Crippen molar-refractivity contribution in [2.24, 2.45) is 34.5 Å². The first kappa shape index (κ1) is 25.5. The Balaban J connectivity index is 1.62. The van der Waals surface area contributed by atoms with E-state index >= 15 is 8.78 Å². The Morgan fingerprint density at radius 2 is 1.94 bits per heavy atom. The number of unbranched alkanes of at least 4 members (excludes halogenated alkanes) is 1. The third-order valence-electron chi connectivity index (χ3n) is 9.82. The number of ether oxygens (including phenoxy) is 1. The molecule has 5 nitrogen and oxygen atoms in total. The van der Waals surface area contributed by atoms with Crippen molar-refractivity contribution in [1.82, 2.24) is 0 Å². The Bertz CT molecular complexity index is 901. The molecule has 0 aromatic heterocycles. The lowest BCUT2D eigenvalue weighted by Gasteiger charge is -2.63. The van der Waals surface area contributed by atoms with Crippen LogP contribution in [0.15, 0.2) is 11.6 Å². The third kappa shape index (κ3) is 3.59. The highest BCUT2D eigenvalue weighted by atomic mass is 19.1. The molecule has 0 aromatic rings. The fourth-order valence-corrected chi connectivity index (χ4v) is 8.25. The minimum Gasteiger partial charge on any atom is -0.458 e. The molecule has 0 bridgehead atoms. The van der Waals surface area contributed by atoms with E-state index in [4.69, 9.17) is 4.74 Å². The van der Waals surface area contributed by atoms with E-state index < -0.39 is 46.6 Å². The van der Waals surface area contributed by atoms with Crippen LogP contribution in [0.25, 0.3) is 0 Å². The van der Waals surface area contributed by atoms with Gasteiger partial charge in [-0.05, 0) is 61.0 Å². The van der Waals surface area contributed by atoms with Gasteiger partial charge in [0.15, 0.2) is 11.6 Å². The number of halogens is 2. The maximum absolute atomic E-state index is 17.1. The van der Waals surface area contributed by atoms with Gasteiger partial charge in [-0.25, -0.2) is 8.78 Å². The van der Waals surface area contributed by atoms with Crippen molar-refractivity contribution in [3.05, 3.63) is 11.6 Å². The second-order valence-corrected chi connectivity index (χ2v) is 11.7. The van der Waals surface area contributed by atoms with Crippen molar-refractivity contribution in [1.29, 1.82) is 0 Å². The Morgan fingerprint density at radius 1 is 1.24 bits per heavy atom. The van der Waals surface area contributed by atoms with E-state index in [1.165, 1.54) is 6.08 Å². The minimum absolute atomic E-state index is 0.0863. The monoisotopic (exact) mass is 480 g/mol. The highest BCUT2D eigenvalue weighted by Gasteiger charge is 2.73. The summed E-state index contributed by atoms with van der Waals surface area (Å²) in [5.41, 5.74) is -3.84. The quantitative estimate of drug-likeness (QED) is 0.558. The standard InChI is InChI=1S/C27H38F2O5/c1-5-6-7-23(33)34-14-21(31)24-15(2)10-17-18-12-20(28)19-11-16(30)8-9-26(19,4)27(18,29)22(32)13-25(17,24)3/h11,15,17-18,20,22,24,32H,5-10,12-14H2,1-4H3/t15-,17+,18+,20+,22+,24+,25+,26+,27+/m1/s1. The molecule has 190 valence electrons. The second-order valence-electron chi connectivity index (χ2n) is 11.7. The minimum atomic E-state index is -2.06. The Labute approximate surface area is 200 Å². The van der Waals surface area contributed by atoms with Crippen LogP contribution in [0.1, 0.15) is 79.1 Å². The van der Waals surface area contributed by atoms with Crippen molar-refractivity contribution < 1.29 is 33.0 Å². The van der Waals surface area contributed by atoms with E-state index in [2.05, 4.69) is 0 Å². The average Bonchev–Trinajstić information content (AvgIpc) is 3.03. The van der Waals surface area contributed by atoms with E-state index in [-0.39, 0.29) is 67.7 Å². The number of esters is 1. The number of hydrogen-bond acceptors (Lipinski definition) is 5. The van der Waals surface area contributed by atoms with Gasteiger partial charge in [0.05, 0.1) is 6.10 Å². The van der Waals surface area contributed by atoms with Crippen LogP contribution >= 0.6 is 0 Å². The lowest BCUT2D eigenvalue weighted by Crippen LogP contribution is -2.69. The molecule has 7 heteroatoms. The molecule has 0 saturated heterocycles. The summed E-state index contributed by atoms with van der Waals surface area (Å²) in [5.74, 6) is -2.42. The first-order valence-electron chi connectivity index (χ1n) is 12.8. The molecule has 0 heterocycles. The SMILES string of the molecule is CCCCC(=O)OCC(=O)[C@@H]1[C@H](C)C[C@H]2[C@@H]3C[C@H](F)C4=CC(=O)CC[C@]4(C)[C@@]3(F)[C@@H](O)C[C@]12C. The van der Waals surface area contributed by atoms with Crippen LogP contribution in [0, 0.1) is 34.5 Å². The molecule has 0 aliphatic heterocycles. The van der Waals surface area contributed by atoms with E-state index in [0.717, 1.165) is 6.42 Å². The van der Waals surface area contributed by atoms with Crippen LogP contribution in [0.4, 0.5) is 8.78 Å². The van der Waals surface area contributed by atoms with Crippen molar-refractivity contribution in [2.45, 2.75) is 97.0 Å². The zero-order valence-electron chi connectivity index (χ0n) is 20.7. The van der Waals surface area contributed by atoms with Crippen LogP contribution < -0.4 is 0 Å². The predicted octanol–water partition coefficient (Wildman–Crippen LogP) is 4.69. The van der Waals surface area contributed by atoms with Gasteiger partial charge in [-0.3, -0.25) is 14.4 Å². The predicted molar refractivity (Wildman–Crippen MR) is 122 cm³/mol. The average molecular weight is 481 g/mol. The van der Waals surface area contributed by atoms with Crippen LogP contribution in [-0.4, -0.2) is 47.2 Å². The smallest absolute Gasteiger partial charge is 0.306 e. The highest BCUT2D eigenvalue weighted by Crippen LogP contribution is 2.70. The molecule has 0 amide bonds. The molecule has 3 fully saturated rings. The molecule has 0 radical (unpaired) electrons. The summed E-state index contributed by atoms with van der Waals surface area (Å²) >= 11 is 0. The van der Waals surface area contributed by atoms with Crippen LogP contribution in [-0.2, 0) is 19.1 Å². The molecule has 1 N–H and O–H groups in total. The molecule has 0 aromatic carbocycles. The van der Waals surface area contributed by atoms with Gasteiger partial charge >= 0.3 is 5.97 Å². The van der Waals surface area contributed by atoms with Crippen molar-refractivity contribution in [2.75, 3.05) is 6.61 Å². The molecule has 4 aliphatic carbocycles. The van der Waals surface area contributed by atoms with Gasteiger partial charge < -0.3 is 9.84 Å². The number of carbonyl (C=O) groups excluding carboxylic acids is 3. The van der Waals surface area contributed by atoms with Crippen molar-refractivity contribution in [3.8, 4) is 0 Å². The number of ketones is 2.